The Hall–Kier alpha value is -1.07. The molecule has 0 atom stereocenters. The molecule has 0 heterocycles. The van der Waals surface area contributed by atoms with Crippen molar-refractivity contribution in [2.24, 2.45) is 5.92 Å². The average Bonchev–Trinajstić information content (AvgIpc) is 2.45. The molecule has 21 heavy (non-hydrogen) atoms. The standard InChI is InChI=1S/C16H27NO3S/c1-4-21(18,19)12-10-17-13-15-5-7-16(8-6-15)20-11-9-14(2)3/h5-8,14,17H,4,9-13H2,1-3H3. The molecule has 1 aromatic carbocycles. The minimum atomic E-state index is -2.88. The maximum Gasteiger partial charge on any atom is 0.151 e. The molecule has 0 unspecified atom stereocenters. The zero-order valence-corrected chi connectivity index (χ0v) is 14.1. The first kappa shape index (κ1) is 18.0. The predicted molar refractivity (Wildman–Crippen MR) is 87.4 cm³/mol. The molecule has 1 aromatic rings. The lowest BCUT2D eigenvalue weighted by Crippen LogP contribution is -2.23. The minimum absolute atomic E-state index is 0.194. The van der Waals surface area contributed by atoms with Gasteiger partial charge in [-0.15, -0.1) is 0 Å². The molecule has 4 nitrogen and oxygen atoms in total. The second-order valence-corrected chi connectivity index (χ2v) is 8.06. The molecule has 0 saturated carbocycles. The lowest BCUT2D eigenvalue weighted by molar-refractivity contribution is 0.289. The second kappa shape index (κ2) is 9.05. The number of nitrogens with one attached hydrogen (secondary N) is 1. The smallest absolute Gasteiger partial charge is 0.151 e. The van der Waals surface area contributed by atoms with E-state index in [-0.39, 0.29) is 11.5 Å². The van der Waals surface area contributed by atoms with E-state index in [0.717, 1.165) is 24.3 Å². The van der Waals surface area contributed by atoms with E-state index in [0.29, 0.717) is 19.0 Å². The van der Waals surface area contributed by atoms with Gasteiger partial charge in [0.1, 0.15) is 5.75 Å². The van der Waals surface area contributed by atoms with Crippen molar-refractivity contribution in [3.63, 3.8) is 0 Å². The number of ether oxygens (including phenoxy) is 1. The lowest BCUT2D eigenvalue weighted by Gasteiger charge is -2.09. The number of benzene rings is 1. The van der Waals surface area contributed by atoms with Crippen molar-refractivity contribution in [1.29, 1.82) is 0 Å². The molecule has 0 amide bonds. The van der Waals surface area contributed by atoms with Crippen LogP contribution in [0, 0.1) is 5.92 Å². The number of sulfone groups is 1. The summed E-state index contributed by atoms with van der Waals surface area (Å²) in [6, 6.07) is 7.93. The molecular weight excluding hydrogens is 286 g/mol. The van der Waals surface area contributed by atoms with Gasteiger partial charge >= 0.3 is 0 Å². The van der Waals surface area contributed by atoms with Gasteiger partial charge in [0.25, 0.3) is 0 Å². The molecule has 0 aliphatic heterocycles. The van der Waals surface area contributed by atoms with Crippen molar-refractivity contribution in [3.05, 3.63) is 29.8 Å². The zero-order valence-electron chi connectivity index (χ0n) is 13.3. The Labute approximate surface area is 128 Å². The predicted octanol–water partition coefficient (Wildman–Crippen LogP) is 2.64. The van der Waals surface area contributed by atoms with Crippen LogP contribution in [0.5, 0.6) is 5.75 Å². The van der Waals surface area contributed by atoms with Gasteiger partial charge in [-0.25, -0.2) is 8.42 Å². The first-order valence-corrected chi connectivity index (χ1v) is 9.38. The largest absolute Gasteiger partial charge is 0.494 e. The first-order chi connectivity index (χ1) is 9.93. The monoisotopic (exact) mass is 313 g/mol. The normalized spacial score (nSPS) is 11.8. The van der Waals surface area contributed by atoms with Gasteiger partial charge in [0.05, 0.1) is 12.4 Å². The van der Waals surface area contributed by atoms with Crippen LogP contribution in [0.15, 0.2) is 24.3 Å². The average molecular weight is 313 g/mol. The summed E-state index contributed by atoms with van der Waals surface area (Å²) < 4.78 is 28.4. The summed E-state index contributed by atoms with van der Waals surface area (Å²) in [7, 11) is -2.88. The van der Waals surface area contributed by atoms with Crippen molar-refractivity contribution in [1.82, 2.24) is 5.32 Å². The van der Waals surface area contributed by atoms with Gasteiger partial charge in [-0.05, 0) is 30.0 Å². The molecule has 0 bridgehead atoms. The van der Waals surface area contributed by atoms with Crippen LogP contribution in [0.1, 0.15) is 32.8 Å². The van der Waals surface area contributed by atoms with Crippen molar-refractivity contribution in [2.45, 2.75) is 33.7 Å². The fourth-order valence-corrected chi connectivity index (χ4v) is 2.46. The van der Waals surface area contributed by atoms with Crippen LogP contribution in [0.4, 0.5) is 0 Å². The molecule has 0 spiro atoms. The molecule has 0 aromatic heterocycles. The molecule has 0 aliphatic rings. The van der Waals surface area contributed by atoms with Gasteiger partial charge in [-0.2, -0.15) is 0 Å². The van der Waals surface area contributed by atoms with Gasteiger partial charge in [-0.3, -0.25) is 0 Å². The van der Waals surface area contributed by atoms with Crippen molar-refractivity contribution in [3.8, 4) is 5.75 Å². The van der Waals surface area contributed by atoms with Crippen LogP contribution in [0.2, 0.25) is 0 Å². The zero-order chi connectivity index (χ0) is 15.7. The number of rotatable bonds is 10. The van der Waals surface area contributed by atoms with Crippen molar-refractivity contribution < 1.29 is 13.2 Å². The lowest BCUT2D eigenvalue weighted by atomic mass is 10.1. The Morgan fingerprint density at radius 1 is 1.19 bits per heavy atom. The Bertz CT molecular complexity index is 495. The fourth-order valence-electron chi connectivity index (χ4n) is 1.72. The third-order valence-corrected chi connectivity index (χ3v) is 4.95. The Kier molecular flexibility index (Phi) is 7.75. The highest BCUT2D eigenvalue weighted by Gasteiger charge is 2.05. The molecular formula is C16H27NO3S. The maximum atomic E-state index is 11.3. The van der Waals surface area contributed by atoms with Crippen LogP contribution in [0.3, 0.4) is 0 Å². The van der Waals surface area contributed by atoms with Crippen LogP contribution >= 0.6 is 0 Å². The third-order valence-electron chi connectivity index (χ3n) is 3.25. The molecule has 0 radical (unpaired) electrons. The topological polar surface area (TPSA) is 55.4 Å². The van der Waals surface area contributed by atoms with Gasteiger partial charge in [0.2, 0.25) is 0 Å². The SMILES string of the molecule is CCS(=O)(=O)CCNCc1ccc(OCCC(C)C)cc1. The third kappa shape index (κ3) is 8.07. The van der Waals surface area contributed by atoms with Crippen LogP contribution < -0.4 is 10.1 Å². The van der Waals surface area contributed by atoms with Crippen molar-refractivity contribution in [2.75, 3.05) is 24.7 Å². The van der Waals surface area contributed by atoms with E-state index in [1.54, 1.807) is 6.92 Å². The highest BCUT2D eigenvalue weighted by atomic mass is 32.2. The Balaban J connectivity index is 2.28. The summed E-state index contributed by atoms with van der Waals surface area (Å²) in [5.74, 6) is 1.93. The fraction of sp³-hybridized carbons (Fsp3) is 0.625. The number of hydrogen-bond donors (Lipinski definition) is 1. The van der Waals surface area contributed by atoms with Crippen LogP contribution in [-0.4, -0.2) is 33.1 Å². The summed E-state index contributed by atoms with van der Waals surface area (Å²) in [5, 5.41) is 3.15. The Morgan fingerprint density at radius 2 is 1.86 bits per heavy atom. The highest BCUT2D eigenvalue weighted by molar-refractivity contribution is 7.91. The van der Waals surface area contributed by atoms with E-state index >= 15 is 0 Å². The molecule has 120 valence electrons. The summed E-state index contributed by atoms with van der Waals surface area (Å²) in [5.41, 5.74) is 1.13. The van der Waals surface area contributed by atoms with Gasteiger partial charge in [0, 0.05) is 18.8 Å². The Morgan fingerprint density at radius 3 is 2.43 bits per heavy atom. The summed E-state index contributed by atoms with van der Waals surface area (Å²) in [6.45, 7) is 7.93. The second-order valence-electron chi connectivity index (χ2n) is 5.59. The van der Waals surface area contributed by atoms with E-state index in [9.17, 15) is 8.42 Å². The molecule has 5 heteroatoms. The van der Waals surface area contributed by atoms with E-state index in [2.05, 4.69) is 19.2 Å². The van der Waals surface area contributed by atoms with E-state index in [1.807, 2.05) is 24.3 Å². The van der Waals surface area contributed by atoms with E-state index in [1.165, 1.54) is 0 Å². The molecule has 1 rings (SSSR count). The van der Waals surface area contributed by atoms with Gasteiger partial charge < -0.3 is 10.1 Å². The first-order valence-electron chi connectivity index (χ1n) is 7.56. The van der Waals surface area contributed by atoms with Crippen LogP contribution in [0.25, 0.3) is 0 Å². The summed E-state index contributed by atoms with van der Waals surface area (Å²) in [6.07, 6.45) is 1.05. The van der Waals surface area contributed by atoms with Crippen LogP contribution in [-0.2, 0) is 16.4 Å². The molecule has 0 aliphatic carbocycles. The maximum absolute atomic E-state index is 11.3. The molecule has 0 saturated heterocycles. The van der Waals surface area contributed by atoms with E-state index < -0.39 is 9.84 Å². The highest BCUT2D eigenvalue weighted by Crippen LogP contribution is 2.13. The quantitative estimate of drug-likeness (QED) is 0.675. The summed E-state index contributed by atoms with van der Waals surface area (Å²) >= 11 is 0. The molecule has 0 fully saturated rings. The van der Waals surface area contributed by atoms with Crippen molar-refractivity contribution >= 4 is 9.84 Å². The van der Waals surface area contributed by atoms with Gasteiger partial charge in [0.15, 0.2) is 9.84 Å². The number of hydrogen-bond acceptors (Lipinski definition) is 4. The molecule has 1 N–H and O–H groups in total. The minimum Gasteiger partial charge on any atom is -0.494 e. The van der Waals surface area contributed by atoms with E-state index in [4.69, 9.17) is 4.74 Å². The summed E-state index contributed by atoms with van der Waals surface area (Å²) in [4.78, 5) is 0. The van der Waals surface area contributed by atoms with Gasteiger partial charge in [-0.1, -0.05) is 32.9 Å².